The number of nitrogens with two attached hydrogens (primary N) is 1. The van der Waals surface area contributed by atoms with E-state index in [0.717, 1.165) is 18.7 Å². The molecule has 118 valence electrons. The van der Waals surface area contributed by atoms with E-state index in [2.05, 4.69) is 26.0 Å². The van der Waals surface area contributed by atoms with E-state index in [-0.39, 0.29) is 24.4 Å². The molecular weight excluding hydrogens is 288 g/mol. The van der Waals surface area contributed by atoms with Gasteiger partial charge >= 0.3 is 0 Å². The van der Waals surface area contributed by atoms with Gasteiger partial charge in [-0.05, 0) is 30.0 Å². The van der Waals surface area contributed by atoms with Gasteiger partial charge in [-0.1, -0.05) is 26.0 Å². The van der Waals surface area contributed by atoms with Crippen molar-refractivity contribution in [1.82, 2.24) is 4.90 Å². The Morgan fingerprint density at radius 3 is 2.57 bits per heavy atom. The number of benzene rings is 1. The number of amides is 1. The Hall–Kier alpha value is -1.26. The number of carbonyl (C=O) groups excluding carboxylic acids is 1. The van der Waals surface area contributed by atoms with Crippen molar-refractivity contribution in [2.24, 2.45) is 5.73 Å². The first-order chi connectivity index (χ1) is 9.56. The second kappa shape index (κ2) is 8.25. The molecule has 0 aromatic heterocycles. The quantitative estimate of drug-likeness (QED) is 0.909. The van der Waals surface area contributed by atoms with E-state index in [1.165, 1.54) is 5.56 Å². The number of ether oxygens (including phenoxy) is 1. The van der Waals surface area contributed by atoms with Crippen LogP contribution >= 0.6 is 12.4 Å². The average molecular weight is 313 g/mol. The molecule has 1 aromatic rings. The maximum Gasteiger partial charge on any atom is 0.226 e. The van der Waals surface area contributed by atoms with Crippen molar-refractivity contribution in [1.29, 1.82) is 0 Å². The standard InChI is InChI=1S/C16H24N2O2.ClH/c1-12(2)13-3-5-15(6-4-13)20-10-8-16(19)18-9-7-14(17)11-18;/h3-6,12,14H,7-11,17H2,1-2H3;1H/t14-;/m1./s1. The molecule has 2 N–H and O–H groups in total. The van der Waals surface area contributed by atoms with E-state index < -0.39 is 0 Å². The van der Waals surface area contributed by atoms with Crippen LogP contribution < -0.4 is 10.5 Å². The number of carbonyl (C=O) groups is 1. The predicted molar refractivity (Wildman–Crippen MR) is 87.1 cm³/mol. The number of likely N-dealkylation sites (tertiary alicyclic amines) is 1. The van der Waals surface area contributed by atoms with Crippen molar-refractivity contribution in [2.45, 2.75) is 38.6 Å². The third-order valence-corrected chi connectivity index (χ3v) is 3.71. The van der Waals surface area contributed by atoms with Crippen molar-refractivity contribution < 1.29 is 9.53 Å². The molecule has 1 fully saturated rings. The first-order valence-corrected chi connectivity index (χ1v) is 7.32. The molecule has 21 heavy (non-hydrogen) atoms. The molecule has 1 amide bonds. The highest BCUT2D eigenvalue weighted by molar-refractivity contribution is 5.85. The Morgan fingerprint density at radius 2 is 2.05 bits per heavy atom. The fourth-order valence-electron chi connectivity index (χ4n) is 2.38. The lowest BCUT2D eigenvalue weighted by Gasteiger charge is -2.16. The van der Waals surface area contributed by atoms with Crippen LogP contribution in [0, 0.1) is 0 Å². The van der Waals surface area contributed by atoms with Crippen molar-refractivity contribution in [3.63, 3.8) is 0 Å². The molecule has 0 spiro atoms. The monoisotopic (exact) mass is 312 g/mol. The van der Waals surface area contributed by atoms with Crippen LogP contribution in [0.25, 0.3) is 0 Å². The average Bonchev–Trinajstić information content (AvgIpc) is 2.86. The lowest BCUT2D eigenvalue weighted by Crippen LogP contribution is -2.32. The smallest absolute Gasteiger partial charge is 0.226 e. The molecule has 0 bridgehead atoms. The summed E-state index contributed by atoms with van der Waals surface area (Å²) in [5, 5.41) is 0. The predicted octanol–water partition coefficient (Wildman–Crippen LogP) is 2.56. The summed E-state index contributed by atoms with van der Waals surface area (Å²) in [6.45, 7) is 6.21. The van der Waals surface area contributed by atoms with Crippen molar-refractivity contribution >= 4 is 18.3 Å². The van der Waals surface area contributed by atoms with Crippen LogP contribution in [0.4, 0.5) is 0 Å². The van der Waals surface area contributed by atoms with Gasteiger partial charge in [-0.3, -0.25) is 4.79 Å². The highest BCUT2D eigenvalue weighted by Crippen LogP contribution is 2.18. The second-order valence-electron chi connectivity index (χ2n) is 5.71. The van der Waals surface area contributed by atoms with Crippen LogP contribution in [-0.4, -0.2) is 36.5 Å². The van der Waals surface area contributed by atoms with E-state index >= 15 is 0 Å². The highest BCUT2D eigenvalue weighted by Gasteiger charge is 2.23. The molecule has 1 aliphatic rings. The van der Waals surface area contributed by atoms with E-state index in [1.54, 1.807) is 0 Å². The number of nitrogens with zero attached hydrogens (tertiary/aromatic N) is 1. The molecular formula is C16H25ClN2O2. The summed E-state index contributed by atoms with van der Waals surface area (Å²) < 4.78 is 5.62. The fourth-order valence-corrected chi connectivity index (χ4v) is 2.38. The number of hydrogen-bond donors (Lipinski definition) is 1. The minimum Gasteiger partial charge on any atom is -0.493 e. The molecule has 1 heterocycles. The van der Waals surface area contributed by atoms with Crippen molar-refractivity contribution in [3.8, 4) is 5.75 Å². The van der Waals surface area contributed by atoms with E-state index in [1.807, 2.05) is 17.0 Å². The zero-order chi connectivity index (χ0) is 14.5. The molecule has 0 saturated carbocycles. The molecule has 1 aliphatic heterocycles. The summed E-state index contributed by atoms with van der Waals surface area (Å²) in [5.41, 5.74) is 7.09. The fraction of sp³-hybridized carbons (Fsp3) is 0.562. The third kappa shape index (κ3) is 5.21. The Balaban J connectivity index is 0.00000220. The summed E-state index contributed by atoms with van der Waals surface area (Å²) in [5.74, 6) is 1.47. The van der Waals surface area contributed by atoms with Gasteiger partial charge in [0.1, 0.15) is 5.75 Å². The molecule has 0 radical (unpaired) electrons. The highest BCUT2D eigenvalue weighted by atomic mass is 35.5. The lowest BCUT2D eigenvalue weighted by atomic mass is 10.0. The number of hydrogen-bond acceptors (Lipinski definition) is 3. The largest absolute Gasteiger partial charge is 0.493 e. The Morgan fingerprint density at radius 1 is 1.38 bits per heavy atom. The van der Waals surface area contributed by atoms with Gasteiger partial charge in [0.05, 0.1) is 13.0 Å². The Kier molecular flexibility index (Phi) is 6.99. The zero-order valence-corrected chi connectivity index (χ0v) is 13.6. The minimum atomic E-state index is 0. The number of rotatable bonds is 5. The van der Waals surface area contributed by atoms with Gasteiger partial charge < -0.3 is 15.4 Å². The summed E-state index contributed by atoms with van der Waals surface area (Å²) in [6, 6.07) is 8.21. The minimum absolute atomic E-state index is 0. The van der Waals surface area contributed by atoms with Gasteiger partial charge in [-0.2, -0.15) is 0 Å². The Labute approximate surface area is 133 Å². The Bertz CT molecular complexity index is 448. The summed E-state index contributed by atoms with van der Waals surface area (Å²) in [4.78, 5) is 13.7. The normalized spacial score (nSPS) is 17.7. The second-order valence-corrected chi connectivity index (χ2v) is 5.71. The van der Waals surface area contributed by atoms with Crippen molar-refractivity contribution in [2.75, 3.05) is 19.7 Å². The van der Waals surface area contributed by atoms with Crippen LogP contribution in [0.3, 0.4) is 0 Å². The van der Waals surface area contributed by atoms with Gasteiger partial charge in [0.15, 0.2) is 0 Å². The maximum absolute atomic E-state index is 11.9. The van der Waals surface area contributed by atoms with E-state index in [0.29, 0.717) is 25.5 Å². The van der Waals surface area contributed by atoms with Gasteiger partial charge in [0, 0.05) is 19.1 Å². The molecule has 2 rings (SSSR count). The van der Waals surface area contributed by atoms with Crippen LogP contribution in [0.15, 0.2) is 24.3 Å². The molecule has 4 nitrogen and oxygen atoms in total. The molecule has 1 atom stereocenters. The molecule has 5 heteroatoms. The molecule has 1 aromatic carbocycles. The van der Waals surface area contributed by atoms with E-state index in [4.69, 9.17) is 10.5 Å². The summed E-state index contributed by atoms with van der Waals surface area (Å²) in [6.07, 6.45) is 1.32. The van der Waals surface area contributed by atoms with Crippen LogP contribution in [0.2, 0.25) is 0 Å². The molecule has 1 saturated heterocycles. The topological polar surface area (TPSA) is 55.6 Å². The van der Waals surface area contributed by atoms with Crippen LogP contribution in [-0.2, 0) is 4.79 Å². The maximum atomic E-state index is 11.9. The van der Waals surface area contributed by atoms with Crippen LogP contribution in [0.1, 0.15) is 38.2 Å². The number of halogens is 1. The van der Waals surface area contributed by atoms with Crippen molar-refractivity contribution in [3.05, 3.63) is 29.8 Å². The lowest BCUT2D eigenvalue weighted by molar-refractivity contribution is -0.130. The van der Waals surface area contributed by atoms with Gasteiger partial charge in [0.2, 0.25) is 5.91 Å². The first-order valence-electron chi connectivity index (χ1n) is 7.32. The van der Waals surface area contributed by atoms with Gasteiger partial charge in [0.25, 0.3) is 0 Å². The van der Waals surface area contributed by atoms with Crippen LogP contribution in [0.5, 0.6) is 5.75 Å². The molecule has 0 aliphatic carbocycles. The first kappa shape index (κ1) is 17.8. The zero-order valence-electron chi connectivity index (χ0n) is 12.7. The third-order valence-electron chi connectivity index (χ3n) is 3.71. The van der Waals surface area contributed by atoms with Gasteiger partial charge in [-0.15, -0.1) is 12.4 Å². The van der Waals surface area contributed by atoms with Gasteiger partial charge in [-0.25, -0.2) is 0 Å². The molecule has 0 unspecified atom stereocenters. The van der Waals surface area contributed by atoms with E-state index in [9.17, 15) is 4.79 Å². The summed E-state index contributed by atoms with van der Waals surface area (Å²) >= 11 is 0. The summed E-state index contributed by atoms with van der Waals surface area (Å²) in [7, 11) is 0. The SMILES string of the molecule is CC(C)c1ccc(OCCC(=O)N2CC[C@@H](N)C2)cc1.Cl.